The Kier molecular flexibility index (Phi) is 5.27. The number of hydrogen-bond donors (Lipinski definition) is 1. The van der Waals surface area contributed by atoms with Gasteiger partial charge in [0.2, 0.25) is 5.91 Å². The van der Waals surface area contributed by atoms with Crippen LogP contribution >= 0.6 is 0 Å². The van der Waals surface area contributed by atoms with Gasteiger partial charge in [-0.2, -0.15) is 0 Å². The van der Waals surface area contributed by atoms with Crippen molar-refractivity contribution in [3.8, 4) is 5.75 Å². The number of urea groups is 1. The van der Waals surface area contributed by atoms with E-state index in [0.717, 1.165) is 5.56 Å². The maximum absolute atomic E-state index is 12.8. The highest BCUT2D eigenvalue weighted by atomic mass is 32.2. The molecule has 0 spiro atoms. The standard InChI is InChI=1S/C21H22N2O5S/c24-20-13-23(21(25)22-20)17-4-1-3-15(11-17)9-10-29(26,27)19-6-2-5-18(12-19)28-14-16-7-8-16/h1-6,11-12,16H,7-10,13-14H2,(H,22,24,25). The first-order valence-corrected chi connectivity index (χ1v) is 11.2. The Bertz CT molecular complexity index is 1050. The molecule has 1 saturated heterocycles. The quantitative estimate of drug-likeness (QED) is 0.670. The zero-order chi connectivity index (χ0) is 20.4. The minimum atomic E-state index is -3.48. The van der Waals surface area contributed by atoms with Gasteiger partial charge in [-0.25, -0.2) is 13.2 Å². The molecule has 8 heteroatoms. The molecule has 0 bridgehead atoms. The fourth-order valence-electron chi connectivity index (χ4n) is 3.16. The van der Waals surface area contributed by atoms with E-state index < -0.39 is 15.9 Å². The van der Waals surface area contributed by atoms with E-state index >= 15 is 0 Å². The van der Waals surface area contributed by atoms with Gasteiger partial charge in [0.25, 0.3) is 0 Å². The van der Waals surface area contributed by atoms with Gasteiger partial charge in [0.05, 0.1) is 17.3 Å². The largest absolute Gasteiger partial charge is 0.493 e. The fourth-order valence-corrected chi connectivity index (χ4v) is 4.48. The van der Waals surface area contributed by atoms with Gasteiger partial charge in [-0.15, -0.1) is 0 Å². The first-order chi connectivity index (χ1) is 13.9. The first kappa shape index (κ1) is 19.4. The highest BCUT2D eigenvalue weighted by Gasteiger charge is 2.28. The van der Waals surface area contributed by atoms with Crippen molar-refractivity contribution in [2.75, 3.05) is 23.8 Å². The van der Waals surface area contributed by atoms with Gasteiger partial charge in [-0.3, -0.25) is 15.0 Å². The Morgan fingerprint density at radius 1 is 1.07 bits per heavy atom. The van der Waals surface area contributed by atoms with Gasteiger partial charge in [0, 0.05) is 5.69 Å². The minimum Gasteiger partial charge on any atom is -0.493 e. The van der Waals surface area contributed by atoms with Crippen LogP contribution in [-0.2, 0) is 21.1 Å². The molecule has 1 aliphatic heterocycles. The second-order valence-electron chi connectivity index (χ2n) is 7.41. The summed E-state index contributed by atoms with van der Waals surface area (Å²) in [5, 5.41) is 2.23. The average molecular weight is 414 g/mol. The average Bonchev–Trinajstić information content (AvgIpc) is 3.48. The van der Waals surface area contributed by atoms with Crippen molar-refractivity contribution in [1.29, 1.82) is 0 Å². The Morgan fingerprint density at radius 3 is 2.59 bits per heavy atom. The van der Waals surface area contributed by atoms with Crippen LogP contribution in [0.1, 0.15) is 18.4 Å². The Hall–Kier alpha value is -2.87. The van der Waals surface area contributed by atoms with Crippen LogP contribution in [-0.4, -0.2) is 39.3 Å². The van der Waals surface area contributed by atoms with Crippen molar-refractivity contribution in [3.63, 3.8) is 0 Å². The molecule has 1 N–H and O–H groups in total. The van der Waals surface area contributed by atoms with E-state index in [0.29, 0.717) is 30.4 Å². The number of ether oxygens (including phenoxy) is 1. The predicted molar refractivity (Wildman–Crippen MR) is 108 cm³/mol. The van der Waals surface area contributed by atoms with Crippen LogP contribution in [0, 0.1) is 5.92 Å². The summed E-state index contributed by atoms with van der Waals surface area (Å²) in [6.07, 6.45) is 2.64. The van der Waals surface area contributed by atoms with Crippen molar-refractivity contribution in [3.05, 3.63) is 54.1 Å². The van der Waals surface area contributed by atoms with Crippen LogP contribution in [0.4, 0.5) is 10.5 Å². The van der Waals surface area contributed by atoms with E-state index in [4.69, 9.17) is 4.74 Å². The van der Waals surface area contributed by atoms with Crippen molar-refractivity contribution in [2.45, 2.75) is 24.2 Å². The highest BCUT2D eigenvalue weighted by molar-refractivity contribution is 7.91. The van der Waals surface area contributed by atoms with Crippen molar-refractivity contribution in [2.24, 2.45) is 5.92 Å². The van der Waals surface area contributed by atoms with Gasteiger partial charge < -0.3 is 4.74 Å². The SMILES string of the molecule is O=C1CN(c2cccc(CCS(=O)(=O)c3cccc(OCC4CC4)c3)c2)C(=O)N1. The maximum Gasteiger partial charge on any atom is 0.329 e. The molecule has 29 heavy (non-hydrogen) atoms. The molecule has 1 heterocycles. The van der Waals surface area contributed by atoms with Gasteiger partial charge in [-0.1, -0.05) is 18.2 Å². The molecule has 1 saturated carbocycles. The van der Waals surface area contributed by atoms with Crippen molar-refractivity contribution < 1.29 is 22.7 Å². The predicted octanol–water partition coefficient (Wildman–Crippen LogP) is 2.55. The van der Waals surface area contributed by atoms with E-state index in [1.807, 2.05) is 6.07 Å². The number of aryl methyl sites for hydroxylation is 1. The molecular weight excluding hydrogens is 392 g/mol. The number of sulfone groups is 1. The zero-order valence-corrected chi connectivity index (χ0v) is 16.7. The number of amides is 3. The lowest BCUT2D eigenvalue weighted by molar-refractivity contribution is -0.117. The van der Waals surface area contributed by atoms with E-state index in [1.165, 1.54) is 17.7 Å². The molecule has 0 aromatic heterocycles. The molecule has 7 nitrogen and oxygen atoms in total. The third-order valence-corrected chi connectivity index (χ3v) is 6.74. The topological polar surface area (TPSA) is 92.8 Å². The molecule has 3 amide bonds. The fraction of sp³-hybridized carbons (Fsp3) is 0.333. The lowest BCUT2D eigenvalue weighted by atomic mass is 10.1. The molecule has 152 valence electrons. The monoisotopic (exact) mass is 414 g/mol. The minimum absolute atomic E-state index is 0.0335. The summed E-state index contributed by atoms with van der Waals surface area (Å²) >= 11 is 0. The first-order valence-electron chi connectivity index (χ1n) is 9.57. The molecule has 2 fully saturated rings. The lowest BCUT2D eigenvalue weighted by Crippen LogP contribution is -2.27. The van der Waals surface area contributed by atoms with E-state index in [2.05, 4.69) is 5.32 Å². The van der Waals surface area contributed by atoms with Gasteiger partial charge in [0.15, 0.2) is 9.84 Å². The molecule has 1 aliphatic carbocycles. The number of benzene rings is 2. The lowest BCUT2D eigenvalue weighted by Gasteiger charge is -2.14. The van der Waals surface area contributed by atoms with Crippen LogP contribution in [0.3, 0.4) is 0 Å². The molecule has 0 unspecified atom stereocenters. The summed E-state index contributed by atoms with van der Waals surface area (Å²) < 4.78 is 31.2. The molecule has 2 aromatic rings. The number of hydrogen-bond acceptors (Lipinski definition) is 5. The van der Waals surface area contributed by atoms with Crippen molar-refractivity contribution >= 4 is 27.5 Å². The summed E-state index contributed by atoms with van der Waals surface area (Å²) in [6.45, 7) is 0.594. The number of anilines is 1. The Balaban J connectivity index is 1.43. The summed E-state index contributed by atoms with van der Waals surface area (Å²) in [6, 6.07) is 13.2. The molecular formula is C21H22N2O5S. The van der Waals surface area contributed by atoms with Gasteiger partial charge >= 0.3 is 6.03 Å². The normalized spacial score (nSPS) is 16.8. The van der Waals surface area contributed by atoms with Crippen LogP contribution in [0.5, 0.6) is 5.75 Å². The Labute approximate surface area is 169 Å². The van der Waals surface area contributed by atoms with Gasteiger partial charge in [-0.05, 0) is 61.1 Å². The van der Waals surface area contributed by atoms with Crippen LogP contribution in [0.2, 0.25) is 0 Å². The summed E-state index contributed by atoms with van der Waals surface area (Å²) in [5.74, 6) is 0.750. The maximum atomic E-state index is 12.8. The molecule has 4 rings (SSSR count). The number of carbonyl (C=O) groups excluding carboxylic acids is 2. The molecule has 0 atom stereocenters. The van der Waals surface area contributed by atoms with E-state index in [1.54, 1.807) is 42.5 Å². The van der Waals surface area contributed by atoms with E-state index in [9.17, 15) is 18.0 Å². The second-order valence-corrected chi connectivity index (χ2v) is 9.52. The van der Waals surface area contributed by atoms with Crippen LogP contribution in [0.25, 0.3) is 0 Å². The molecule has 2 aromatic carbocycles. The van der Waals surface area contributed by atoms with Crippen LogP contribution < -0.4 is 15.0 Å². The van der Waals surface area contributed by atoms with E-state index in [-0.39, 0.29) is 23.1 Å². The summed E-state index contributed by atoms with van der Waals surface area (Å²) in [7, 11) is -3.48. The molecule has 0 radical (unpaired) electrons. The second kappa shape index (κ2) is 7.87. The van der Waals surface area contributed by atoms with Crippen molar-refractivity contribution in [1.82, 2.24) is 5.32 Å². The third-order valence-electron chi connectivity index (χ3n) is 5.02. The number of imide groups is 1. The summed E-state index contributed by atoms with van der Waals surface area (Å²) in [4.78, 5) is 24.8. The highest BCUT2D eigenvalue weighted by Crippen LogP contribution is 2.30. The zero-order valence-electron chi connectivity index (χ0n) is 15.8. The van der Waals surface area contributed by atoms with Gasteiger partial charge in [0.1, 0.15) is 12.3 Å². The third kappa shape index (κ3) is 4.76. The van der Waals surface area contributed by atoms with Crippen LogP contribution in [0.15, 0.2) is 53.4 Å². The number of nitrogens with zero attached hydrogens (tertiary/aromatic N) is 1. The number of nitrogens with one attached hydrogen (secondary N) is 1. The number of carbonyl (C=O) groups is 2. The smallest absolute Gasteiger partial charge is 0.329 e. The number of rotatable bonds is 8. The molecule has 2 aliphatic rings. The Morgan fingerprint density at radius 2 is 1.86 bits per heavy atom. The summed E-state index contributed by atoms with van der Waals surface area (Å²) in [5.41, 5.74) is 1.35.